The molecule has 3 aliphatic rings. The topological polar surface area (TPSA) is 126 Å². The third kappa shape index (κ3) is 4.43. The molecule has 0 aromatic heterocycles. The Labute approximate surface area is 216 Å². The maximum absolute atomic E-state index is 13.6. The lowest BCUT2D eigenvalue weighted by Gasteiger charge is -2.34. The summed E-state index contributed by atoms with van der Waals surface area (Å²) < 4.78 is 64.5. The van der Waals surface area contributed by atoms with Crippen molar-refractivity contribution in [1.29, 1.82) is 0 Å². The van der Waals surface area contributed by atoms with Crippen molar-refractivity contribution in [2.24, 2.45) is 0 Å². The SMILES string of the molecule is C[C@]1(c2ccc3c(c2)OCCO3)NC(=O)N(CC(=O)N2CCN(S(=O)(=O)c3ccc(F)c(F)c3)CC2)C1=O. The van der Waals surface area contributed by atoms with Crippen LogP contribution < -0.4 is 14.8 Å². The number of ether oxygens (including phenoxy) is 2. The van der Waals surface area contributed by atoms with Crippen LogP contribution in [0.1, 0.15) is 12.5 Å². The lowest BCUT2D eigenvalue weighted by atomic mass is 9.91. The highest BCUT2D eigenvalue weighted by atomic mass is 32.2. The first-order chi connectivity index (χ1) is 18.0. The van der Waals surface area contributed by atoms with E-state index in [0.717, 1.165) is 21.3 Å². The number of benzene rings is 2. The number of hydrogen-bond acceptors (Lipinski definition) is 7. The molecule has 2 aromatic rings. The Kier molecular flexibility index (Phi) is 6.47. The van der Waals surface area contributed by atoms with Gasteiger partial charge in [0.05, 0.1) is 4.90 Å². The van der Waals surface area contributed by atoms with Crippen LogP contribution >= 0.6 is 0 Å². The molecule has 11 nitrogen and oxygen atoms in total. The lowest BCUT2D eigenvalue weighted by molar-refractivity contribution is -0.139. The Morgan fingerprint density at radius 1 is 0.974 bits per heavy atom. The van der Waals surface area contributed by atoms with E-state index >= 15 is 0 Å². The zero-order valence-electron chi connectivity index (χ0n) is 20.3. The van der Waals surface area contributed by atoms with Gasteiger partial charge in [-0.1, -0.05) is 6.07 Å². The van der Waals surface area contributed by atoms with E-state index in [0.29, 0.717) is 36.3 Å². The van der Waals surface area contributed by atoms with E-state index in [-0.39, 0.29) is 26.2 Å². The van der Waals surface area contributed by atoms with Gasteiger partial charge in [-0.15, -0.1) is 0 Å². The van der Waals surface area contributed by atoms with Crippen molar-refractivity contribution in [2.45, 2.75) is 17.4 Å². The van der Waals surface area contributed by atoms with Crippen LogP contribution in [-0.4, -0.2) is 86.3 Å². The zero-order valence-corrected chi connectivity index (χ0v) is 21.1. The molecule has 1 atom stereocenters. The molecule has 38 heavy (non-hydrogen) atoms. The molecule has 3 heterocycles. The van der Waals surface area contributed by atoms with Gasteiger partial charge in [-0.2, -0.15) is 4.31 Å². The van der Waals surface area contributed by atoms with E-state index in [2.05, 4.69) is 5.32 Å². The van der Waals surface area contributed by atoms with Crippen molar-refractivity contribution in [3.05, 3.63) is 53.6 Å². The number of piperazine rings is 1. The van der Waals surface area contributed by atoms with E-state index in [9.17, 15) is 31.6 Å². The standard InChI is InChI=1S/C24H24F2N4O7S/c1-24(15-2-5-19-20(12-15)37-11-10-36-19)22(32)30(23(33)27-24)14-21(31)28-6-8-29(9-7-28)38(34,35)16-3-4-17(25)18(26)13-16/h2-5,12-13H,6-11,14H2,1H3,(H,27,33)/t24-/m1/s1. The summed E-state index contributed by atoms with van der Waals surface area (Å²) in [6, 6.07) is 6.49. The number of rotatable bonds is 5. The number of nitrogens with one attached hydrogen (secondary N) is 1. The van der Waals surface area contributed by atoms with E-state index in [1.165, 1.54) is 11.8 Å². The van der Waals surface area contributed by atoms with Gasteiger partial charge in [0.1, 0.15) is 25.3 Å². The number of urea groups is 1. The molecule has 0 spiro atoms. The summed E-state index contributed by atoms with van der Waals surface area (Å²) in [5.41, 5.74) is -0.962. The van der Waals surface area contributed by atoms with Gasteiger partial charge in [0, 0.05) is 26.2 Å². The summed E-state index contributed by atoms with van der Waals surface area (Å²) in [5, 5.41) is 2.64. The molecule has 0 unspecified atom stereocenters. The molecule has 4 amide bonds. The number of carbonyl (C=O) groups excluding carboxylic acids is 3. The Bertz CT molecular complexity index is 1430. The third-order valence-electron chi connectivity index (χ3n) is 6.81. The molecule has 0 bridgehead atoms. The Hall–Kier alpha value is -3.78. The Morgan fingerprint density at radius 3 is 2.34 bits per heavy atom. The van der Waals surface area contributed by atoms with Crippen molar-refractivity contribution in [2.75, 3.05) is 45.9 Å². The Morgan fingerprint density at radius 2 is 1.66 bits per heavy atom. The molecule has 2 saturated heterocycles. The normalized spacial score (nSPS) is 22.0. The molecular formula is C24H24F2N4O7S. The van der Waals surface area contributed by atoms with E-state index in [1.807, 2.05) is 0 Å². The molecule has 14 heteroatoms. The molecule has 2 fully saturated rings. The maximum Gasteiger partial charge on any atom is 0.325 e. The number of sulfonamides is 1. The van der Waals surface area contributed by atoms with E-state index in [1.54, 1.807) is 18.2 Å². The smallest absolute Gasteiger partial charge is 0.325 e. The van der Waals surface area contributed by atoms with E-state index in [4.69, 9.17) is 9.47 Å². The van der Waals surface area contributed by atoms with Crippen LogP contribution in [0.2, 0.25) is 0 Å². The number of halogens is 2. The van der Waals surface area contributed by atoms with Crippen LogP contribution in [0, 0.1) is 11.6 Å². The van der Waals surface area contributed by atoms with Gasteiger partial charge >= 0.3 is 6.03 Å². The van der Waals surface area contributed by atoms with Crippen LogP contribution in [0.4, 0.5) is 13.6 Å². The van der Waals surface area contributed by atoms with Gasteiger partial charge < -0.3 is 19.7 Å². The molecule has 202 valence electrons. The van der Waals surface area contributed by atoms with Gasteiger partial charge in [-0.05, 0) is 42.8 Å². The average Bonchev–Trinajstić information content (AvgIpc) is 3.13. The van der Waals surface area contributed by atoms with Crippen molar-refractivity contribution < 1.29 is 41.1 Å². The summed E-state index contributed by atoms with van der Waals surface area (Å²) in [7, 11) is -4.10. The summed E-state index contributed by atoms with van der Waals surface area (Å²) in [6.45, 7) is 1.55. The van der Waals surface area contributed by atoms with Crippen LogP contribution in [-0.2, 0) is 25.2 Å². The second-order valence-electron chi connectivity index (χ2n) is 9.17. The maximum atomic E-state index is 13.6. The summed E-state index contributed by atoms with van der Waals surface area (Å²) in [4.78, 5) is 40.7. The van der Waals surface area contributed by atoms with Gasteiger partial charge in [0.2, 0.25) is 15.9 Å². The monoisotopic (exact) mass is 550 g/mol. The van der Waals surface area contributed by atoms with Crippen molar-refractivity contribution in [3.8, 4) is 11.5 Å². The fraction of sp³-hybridized carbons (Fsp3) is 0.375. The summed E-state index contributed by atoms with van der Waals surface area (Å²) in [6.07, 6.45) is 0. The molecular weight excluding hydrogens is 526 g/mol. The first kappa shape index (κ1) is 25.9. The van der Waals surface area contributed by atoms with E-state index < -0.39 is 56.5 Å². The summed E-state index contributed by atoms with van der Waals surface area (Å²) >= 11 is 0. The minimum absolute atomic E-state index is 0.00911. The number of hydrogen-bond donors (Lipinski definition) is 1. The predicted octanol–water partition coefficient (Wildman–Crippen LogP) is 1.04. The average molecular weight is 551 g/mol. The van der Waals surface area contributed by atoms with Crippen LogP contribution in [0.3, 0.4) is 0 Å². The number of fused-ring (bicyclic) bond motifs is 1. The third-order valence-corrected chi connectivity index (χ3v) is 8.70. The number of imide groups is 1. The minimum Gasteiger partial charge on any atom is -0.486 e. The van der Waals surface area contributed by atoms with Gasteiger partial charge in [0.15, 0.2) is 23.1 Å². The second-order valence-corrected chi connectivity index (χ2v) is 11.1. The molecule has 0 saturated carbocycles. The molecule has 3 aliphatic heterocycles. The molecule has 0 aliphatic carbocycles. The molecule has 0 radical (unpaired) electrons. The summed E-state index contributed by atoms with van der Waals surface area (Å²) in [5.74, 6) is -2.63. The van der Waals surface area contributed by atoms with Crippen molar-refractivity contribution >= 4 is 27.9 Å². The minimum atomic E-state index is -4.10. The zero-order chi connectivity index (χ0) is 27.2. The fourth-order valence-electron chi connectivity index (χ4n) is 4.59. The van der Waals surface area contributed by atoms with Crippen LogP contribution in [0.25, 0.3) is 0 Å². The number of nitrogens with zero attached hydrogens (tertiary/aromatic N) is 3. The second kappa shape index (κ2) is 9.51. The first-order valence-corrected chi connectivity index (χ1v) is 13.2. The van der Waals surface area contributed by atoms with Crippen molar-refractivity contribution in [3.63, 3.8) is 0 Å². The highest BCUT2D eigenvalue weighted by Gasteiger charge is 2.50. The highest BCUT2D eigenvalue weighted by molar-refractivity contribution is 7.89. The molecule has 1 N–H and O–H groups in total. The molecule has 2 aromatic carbocycles. The lowest BCUT2D eigenvalue weighted by Crippen LogP contribution is -2.53. The highest BCUT2D eigenvalue weighted by Crippen LogP contribution is 2.37. The van der Waals surface area contributed by atoms with Crippen LogP contribution in [0.15, 0.2) is 41.3 Å². The first-order valence-electron chi connectivity index (χ1n) is 11.8. The number of amides is 4. The van der Waals surface area contributed by atoms with Gasteiger partial charge in [-0.25, -0.2) is 22.0 Å². The Balaban J connectivity index is 1.23. The van der Waals surface area contributed by atoms with Crippen LogP contribution in [0.5, 0.6) is 11.5 Å². The predicted molar refractivity (Wildman–Crippen MR) is 127 cm³/mol. The quantitative estimate of drug-likeness (QED) is 0.552. The van der Waals surface area contributed by atoms with Crippen molar-refractivity contribution in [1.82, 2.24) is 19.4 Å². The molecule has 5 rings (SSSR count). The fourth-order valence-corrected chi connectivity index (χ4v) is 6.02. The number of carbonyl (C=O) groups is 3. The van der Waals surface area contributed by atoms with Gasteiger partial charge in [-0.3, -0.25) is 14.5 Å². The van der Waals surface area contributed by atoms with Gasteiger partial charge in [0.25, 0.3) is 5.91 Å². The largest absolute Gasteiger partial charge is 0.486 e.